The van der Waals surface area contributed by atoms with Gasteiger partial charge in [0.25, 0.3) is 5.91 Å². The molecule has 0 spiro atoms. The highest BCUT2D eigenvalue weighted by Crippen LogP contribution is 2.26. The second-order valence-electron chi connectivity index (χ2n) is 9.90. The Hall–Kier alpha value is -5.31. The van der Waals surface area contributed by atoms with E-state index in [1.165, 1.54) is 12.6 Å². The molecule has 204 valence electrons. The van der Waals surface area contributed by atoms with Crippen LogP contribution in [0.1, 0.15) is 17.3 Å². The lowest BCUT2D eigenvalue weighted by Crippen LogP contribution is -2.46. The number of amides is 2. The van der Waals surface area contributed by atoms with E-state index >= 15 is 0 Å². The molecule has 3 heterocycles. The van der Waals surface area contributed by atoms with Gasteiger partial charge in [-0.15, -0.1) is 0 Å². The van der Waals surface area contributed by atoms with Gasteiger partial charge in [-0.3, -0.25) is 19.6 Å². The van der Waals surface area contributed by atoms with Gasteiger partial charge in [-0.25, -0.2) is 4.98 Å². The quantitative estimate of drug-likeness (QED) is 0.302. The van der Waals surface area contributed by atoms with Crippen molar-refractivity contribution in [2.24, 2.45) is 0 Å². The first-order valence-corrected chi connectivity index (χ1v) is 13.5. The molecule has 0 atom stereocenters. The lowest BCUT2D eigenvalue weighted by molar-refractivity contribution is -0.114. The van der Waals surface area contributed by atoms with Gasteiger partial charge in [0, 0.05) is 68.1 Å². The molecule has 0 radical (unpaired) electrons. The van der Waals surface area contributed by atoms with E-state index in [1.54, 1.807) is 24.3 Å². The van der Waals surface area contributed by atoms with Gasteiger partial charge in [0.05, 0.1) is 17.2 Å². The molecule has 1 aliphatic rings. The van der Waals surface area contributed by atoms with E-state index in [0.29, 0.717) is 16.9 Å². The lowest BCUT2D eigenvalue weighted by Gasteiger charge is -2.36. The summed E-state index contributed by atoms with van der Waals surface area (Å²) in [5.74, 6) is 0.506. The first-order valence-electron chi connectivity index (χ1n) is 13.5. The Morgan fingerprint density at radius 3 is 2.05 bits per heavy atom. The number of fused-ring (bicyclic) bond motifs is 1. The van der Waals surface area contributed by atoms with Crippen molar-refractivity contribution in [2.45, 2.75) is 6.92 Å². The molecule has 0 aliphatic carbocycles. The molecule has 9 nitrogen and oxygen atoms in total. The summed E-state index contributed by atoms with van der Waals surface area (Å²) in [5.41, 5.74) is 6.77. The number of nitrogens with zero attached hydrogens (tertiary/aromatic N) is 5. The van der Waals surface area contributed by atoms with Crippen molar-refractivity contribution in [1.82, 2.24) is 15.0 Å². The summed E-state index contributed by atoms with van der Waals surface area (Å²) in [6.45, 7) is 5.01. The molecular formula is C32H29N7O2. The minimum atomic E-state index is -0.220. The van der Waals surface area contributed by atoms with Gasteiger partial charge in [0.15, 0.2) is 0 Å². The number of aromatic nitrogens is 3. The van der Waals surface area contributed by atoms with Crippen LogP contribution in [0.15, 0.2) is 97.5 Å². The number of pyridine rings is 1. The van der Waals surface area contributed by atoms with Gasteiger partial charge in [-0.2, -0.15) is 0 Å². The molecule has 0 bridgehead atoms. The summed E-state index contributed by atoms with van der Waals surface area (Å²) < 4.78 is 0. The number of hydrogen-bond acceptors (Lipinski definition) is 7. The third kappa shape index (κ3) is 5.99. The fraction of sp³-hybridized carbons (Fsp3) is 0.156. The number of piperazine rings is 1. The van der Waals surface area contributed by atoms with E-state index in [1.807, 2.05) is 67.1 Å². The Bertz CT molecular complexity index is 1680. The van der Waals surface area contributed by atoms with Crippen LogP contribution in [-0.2, 0) is 4.79 Å². The van der Waals surface area contributed by atoms with Crippen molar-refractivity contribution in [2.75, 3.05) is 46.6 Å². The van der Waals surface area contributed by atoms with Crippen molar-refractivity contribution in [3.63, 3.8) is 0 Å². The Kier molecular flexibility index (Phi) is 7.23. The van der Waals surface area contributed by atoms with Crippen LogP contribution < -0.4 is 20.4 Å². The normalized spacial score (nSPS) is 13.2. The number of anilines is 4. The first kappa shape index (κ1) is 25.9. The Morgan fingerprint density at radius 2 is 1.34 bits per heavy atom. The molecule has 41 heavy (non-hydrogen) atoms. The third-order valence-corrected chi connectivity index (χ3v) is 7.10. The minimum absolute atomic E-state index is 0.156. The smallest absolute Gasteiger partial charge is 0.255 e. The molecule has 1 aliphatic heterocycles. The third-order valence-electron chi connectivity index (χ3n) is 7.10. The molecule has 2 amide bonds. The van der Waals surface area contributed by atoms with Crippen molar-refractivity contribution in [3.8, 4) is 11.1 Å². The standard InChI is InChI=1S/C32H29N7O2/c1-22(40)35-26-9-4-24(5-10-26)32(41)36-27-7-2-23(3-8-27)25-6-11-29-30(20-25)37-31(21-34-29)39-18-16-38(17-19-39)28-12-14-33-15-13-28/h2-15,20-21H,16-19H2,1H3,(H,35,40)(H,36,41). The Balaban J connectivity index is 1.12. The summed E-state index contributed by atoms with van der Waals surface area (Å²) in [6.07, 6.45) is 5.51. The predicted molar refractivity (Wildman–Crippen MR) is 162 cm³/mol. The second kappa shape index (κ2) is 11.4. The molecular weight excluding hydrogens is 514 g/mol. The lowest BCUT2D eigenvalue weighted by atomic mass is 10.0. The van der Waals surface area contributed by atoms with Crippen LogP contribution in [0.3, 0.4) is 0 Å². The van der Waals surface area contributed by atoms with Crippen LogP contribution in [0.25, 0.3) is 22.2 Å². The van der Waals surface area contributed by atoms with Gasteiger partial charge in [0.2, 0.25) is 5.91 Å². The monoisotopic (exact) mass is 543 g/mol. The molecule has 2 N–H and O–H groups in total. The zero-order chi connectivity index (χ0) is 28.2. The topological polar surface area (TPSA) is 103 Å². The van der Waals surface area contributed by atoms with E-state index in [-0.39, 0.29) is 11.8 Å². The van der Waals surface area contributed by atoms with Crippen LogP contribution in [-0.4, -0.2) is 52.9 Å². The molecule has 9 heteroatoms. The average molecular weight is 544 g/mol. The summed E-state index contributed by atoms with van der Waals surface area (Å²) in [6, 6.07) is 24.7. The summed E-state index contributed by atoms with van der Waals surface area (Å²) >= 11 is 0. The fourth-order valence-electron chi connectivity index (χ4n) is 4.94. The molecule has 1 saturated heterocycles. The molecule has 5 aromatic rings. The molecule has 2 aromatic heterocycles. The Labute approximate surface area is 237 Å². The first-order chi connectivity index (χ1) is 20.0. The van der Waals surface area contributed by atoms with Gasteiger partial charge in [-0.1, -0.05) is 18.2 Å². The molecule has 0 saturated carbocycles. The van der Waals surface area contributed by atoms with Gasteiger partial charge < -0.3 is 20.4 Å². The highest BCUT2D eigenvalue weighted by atomic mass is 16.2. The summed E-state index contributed by atoms with van der Waals surface area (Å²) in [5, 5.41) is 5.62. The van der Waals surface area contributed by atoms with Crippen LogP contribution in [0.2, 0.25) is 0 Å². The maximum atomic E-state index is 12.7. The summed E-state index contributed by atoms with van der Waals surface area (Å²) in [4.78, 5) is 42.3. The predicted octanol–water partition coefficient (Wildman–Crippen LogP) is 5.23. The highest BCUT2D eigenvalue weighted by molar-refractivity contribution is 6.04. The molecule has 3 aromatic carbocycles. The van der Waals surface area contributed by atoms with Crippen LogP contribution in [0, 0.1) is 0 Å². The zero-order valence-electron chi connectivity index (χ0n) is 22.6. The van der Waals surface area contributed by atoms with E-state index in [2.05, 4.69) is 36.5 Å². The molecule has 6 rings (SSSR count). The van der Waals surface area contributed by atoms with Gasteiger partial charge in [-0.05, 0) is 71.8 Å². The number of carbonyl (C=O) groups is 2. The summed E-state index contributed by atoms with van der Waals surface area (Å²) in [7, 11) is 0. The fourth-order valence-corrected chi connectivity index (χ4v) is 4.94. The number of nitrogens with one attached hydrogen (secondary N) is 2. The van der Waals surface area contributed by atoms with Crippen LogP contribution in [0.4, 0.5) is 22.9 Å². The van der Waals surface area contributed by atoms with Crippen LogP contribution >= 0.6 is 0 Å². The van der Waals surface area contributed by atoms with Crippen molar-refractivity contribution in [3.05, 3.63) is 103 Å². The molecule has 1 fully saturated rings. The number of benzene rings is 3. The van der Waals surface area contributed by atoms with E-state index in [0.717, 1.165) is 54.2 Å². The Morgan fingerprint density at radius 1 is 0.707 bits per heavy atom. The largest absolute Gasteiger partial charge is 0.368 e. The van der Waals surface area contributed by atoms with Crippen LogP contribution in [0.5, 0.6) is 0 Å². The minimum Gasteiger partial charge on any atom is -0.368 e. The van der Waals surface area contributed by atoms with Gasteiger partial charge >= 0.3 is 0 Å². The maximum absolute atomic E-state index is 12.7. The van der Waals surface area contributed by atoms with E-state index in [9.17, 15) is 9.59 Å². The molecule has 0 unspecified atom stereocenters. The second-order valence-corrected chi connectivity index (χ2v) is 9.90. The van der Waals surface area contributed by atoms with Crippen molar-refractivity contribution in [1.29, 1.82) is 0 Å². The number of rotatable bonds is 6. The van der Waals surface area contributed by atoms with E-state index in [4.69, 9.17) is 4.98 Å². The van der Waals surface area contributed by atoms with Crippen molar-refractivity contribution >= 4 is 45.7 Å². The highest BCUT2D eigenvalue weighted by Gasteiger charge is 2.19. The maximum Gasteiger partial charge on any atom is 0.255 e. The van der Waals surface area contributed by atoms with Crippen molar-refractivity contribution < 1.29 is 9.59 Å². The number of carbonyl (C=O) groups excluding carboxylic acids is 2. The SMILES string of the molecule is CC(=O)Nc1ccc(C(=O)Nc2ccc(-c3ccc4ncc(N5CCN(c6ccncc6)CC5)nc4c3)cc2)cc1. The van der Waals surface area contributed by atoms with Gasteiger partial charge in [0.1, 0.15) is 5.82 Å². The average Bonchev–Trinajstić information content (AvgIpc) is 3.01. The number of hydrogen-bond donors (Lipinski definition) is 2. The zero-order valence-corrected chi connectivity index (χ0v) is 22.6. The van der Waals surface area contributed by atoms with E-state index < -0.39 is 0 Å².